The minimum absolute atomic E-state index is 0.186. The molecule has 0 spiro atoms. The third kappa shape index (κ3) is 5.67. The lowest BCUT2D eigenvalue weighted by atomic mass is 10.1. The number of anilines is 1. The predicted octanol–water partition coefficient (Wildman–Crippen LogP) is 3.79. The monoisotopic (exact) mass is 517 g/mol. The number of pyridine rings is 3. The number of nitriles is 1. The number of fused-ring (bicyclic) bond motifs is 1. The molecule has 1 aliphatic rings. The summed E-state index contributed by atoms with van der Waals surface area (Å²) in [5, 5.41) is 24.5. The molecule has 1 fully saturated rings. The van der Waals surface area contributed by atoms with Gasteiger partial charge in [0.2, 0.25) is 0 Å². The van der Waals surface area contributed by atoms with Gasteiger partial charge in [0.1, 0.15) is 24.2 Å². The predicted molar refractivity (Wildman–Crippen MR) is 142 cm³/mol. The summed E-state index contributed by atoms with van der Waals surface area (Å²) in [6, 6.07) is 12.0. The van der Waals surface area contributed by atoms with Crippen LogP contribution in [0.15, 0.2) is 55.1 Å². The fraction of sp³-hybridized carbons (Fsp3) is 0.333. The lowest BCUT2D eigenvalue weighted by Gasteiger charge is -2.35. The Morgan fingerprint density at radius 2 is 1.95 bits per heavy atom. The van der Waals surface area contributed by atoms with E-state index in [0.717, 1.165) is 55.4 Å². The van der Waals surface area contributed by atoms with Gasteiger partial charge in [-0.2, -0.15) is 10.4 Å². The average Bonchev–Trinajstić information content (AvgIpc) is 3.36. The molecule has 0 saturated carbocycles. The number of piperazine rings is 1. The molecule has 190 valence electrons. The molecule has 5 rings (SSSR count). The second-order valence-electron chi connectivity index (χ2n) is 9.06. The van der Waals surface area contributed by atoms with Gasteiger partial charge < -0.3 is 14.7 Å². The highest BCUT2D eigenvalue weighted by atomic mass is 35.5. The minimum Gasteiger partial charge on any atom is -0.489 e. The maximum atomic E-state index is 9.90. The number of aromatic nitrogens is 4. The van der Waals surface area contributed by atoms with Crippen LogP contribution < -0.4 is 9.64 Å². The third-order valence-corrected chi connectivity index (χ3v) is 6.77. The molecule has 9 nitrogen and oxygen atoms in total. The Bertz CT molecular complexity index is 1390. The molecule has 1 aliphatic heterocycles. The van der Waals surface area contributed by atoms with Crippen LogP contribution in [0.5, 0.6) is 5.75 Å². The first-order valence-electron chi connectivity index (χ1n) is 12.3. The van der Waals surface area contributed by atoms with E-state index in [1.165, 1.54) is 0 Å². The summed E-state index contributed by atoms with van der Waals surface area (Å²) < 4.78 is 7.45. The molecular formula is C27H28ClN7O2. The van der Waals surface area contributed by atoms with Crippen LogP contribution in [0.3, 0.4) is 0 Å². The van der Waals surface area contributed by atoms with Crippen molar-refractivity contribution in [2.75, 3.05) is 37.7 Å². The molecule has 4 aromatic heterocycles. The van der Waals surface area contributed by atoms with Gasteiger partial charge in [0, 0.05) is 56.2 Å². The van der Waals surface area contributed by atoms with Gasteiger partial charge in [0.25, 0.3) is 0 Å². The summed E-state index contributed by atoms with van der Waals surface area (Å²) in [6.07, 6.45) is 6.84. The van der Waals surface area contributed by atoms with Gasteiger partial charge in [-0.3, -0.25) is 9.88 Å². The Morgan fingerprint density at radius 3 is 2.62 bits per heavy atom. The molecule has 0 aliphatic carbocycles. The molecule has 1 N–H and O–H groups in total. The highest BCUT2D eigenvalue weighted by molar-refractivity contribution is 6.30. The largest absolute Gasteiger partial charge is 0.489 e. The van der Waals surface area contributed by atoms with Crippen LogP contribution in [-0.4, -0.2) is 68.5 Å². The summed E-state index contributed by atoms with van der Waals surface area (Å²) in [5.74, 6) is 1.48. The van der Waals surface area contributed by atoms with Gasteiger partial charge in [0.05, 0.1) is 40.3 Å². The van der Waals surface area contributed by atoms with E-state index in [2.05, 4.69) is 26.0 Å². The van der Waals surface area contributed by atoms with E-state index in [4.69, 9.17) is 21.3 Å². The number of nitrogens with zero attached hydrogens (tertiary/aromatic N) is 7. The Hall–Kier alpha value is -3.71. The Labute approximate surface area is 220 Å². The quantitative estimate of drug-likeness (QED) is 0.376. The van der Waals surface area contributed by atoms with Crippen LogP contribution in [-0.2, 0) is 6.54 Å². The number of hydrogen-bond donors (Lipinski definition) is 1. The number of aliphatic hydroxyl groups excluding tert-OH is 1. The second-order valence-corrected chi connectivity index (χ2v) is 9.50. The van der Waals surface area contributed by atoms with Crippen LogP contribution in [0.25, 0.3) is 16.6 Å². The molecule has 0 amide bonds. The lowest BCUT2D eigenvalue weighted by molar-refractivity contribution is 0.104. The van der Waals surface area contributed by atoms with Crippen LogP contribution in [0, 0.1) is 11.3 Å². The molecule has 5 heterocycles. The third-order valence-electron chi connectivity index (χ3n) is 6.55. The van der Waals surface area contributed by atoms with Gasteiger partial charge in [-0.15, -0.1) is 0 Å². The van der Waals surface area contributed by atoms with Crippen molar-refractivity contribution >= 4 is 22.9 Å². The van der Waals surface area contributed by atoms with Gasteiger partial charge >= 0.3 is 0 Å². The smallest absolute Gasteiger partial charge is 0.138 e. The van der Waals surface area contributed by atoms with Crippen LogP contribution >= 0.6 is 11.6 Å². The fourth-order valence-corrected chi connectivity index (χ4v) is 4.50. The molecule has 4 aromatic rings. The summed E-state index contributed by atoms with van der Waals surface area (Å²) in [4.78, 5) is 13.8. The van der Waals surface area contributed by atoms with Crippen LogP contribution in [0.2, 0.25) is 5.02 Å². The Balaban J connectivity index is 1.31. The van der Waals surface area contributed by atoms with E-state index >= 15 is 0 Å². The van der Waals surface area contributed by atoms with E-state index in [1.807, 2.05) is 43.5 Å². The SMILES string of the molecule is CCC(O)COc1cc(-c2ccc(N3CCN(Cc4ccc(Cl)cn4)CC3)nc2)c2c(C#N)cnn2c1. The van der Waals surface area contributed by atoms with Crippen molar-refractivity contribution in [3.63, 3.8) is 0 Å². The molecule has 1 unspecified atom stereocenters. The normalized spacial score (nSPS) is 15.0. The average molecular weight is 518 g/mol. The van der Waals surface area contributed by atoms with Crippen molar-refractivity contribution in [1.29, 1.82) is 5.26 Å². The highest BCUT2D eigenvalue weighted by Gasteiger charge is 2.19. The maximum Gasteiger partial charge on any atom is 0.138 e. The Kier molecular flexibility index (Phi) is 7.51. The van der Waals surface area contributed by atoms with Crippen molar-refractivity contribution in [2.45, 2.75) is 26.0 Å². The highest BCUT2D eigenvalue weighted by Crippen LogP contribution is 2.31. The zero-order chi connectivity index (χ0) is 25.8. The molecule has 37 heavy (non-hydrogen) atoms. The molecule has 0 radical (unpaired) electrons. The summed E-state index contributed by atoms with van der Waals surface area (Å²) >= 11 is 5.94. The first-order chi connectivity index (χ1) is 18.0. The van der Waals surface area contributed by atoms with E-state index in [0.29, 0.717) is 28.3 Å². The van der Waals surface area contributed by atoms with Crippen molar-refractivity contribution in [3.05, 3.63) is 71.4 Å². The van der Waals surface area contributed by atoms with E-state index in [1.54, 1.807) is 23.1 Å². The molecule has 1 saturated heterocycles. The van der Waals surface area contributed by atoms with Gasteiger partial charge in [0.15, 0.2) is 0 Å². The van der Waals surface area contributed by atoms with Gasteiger partial charge in [-0.1, -0.05) is 18.5 Å². The summed E-state index contributed by atoms with van der Waals surface area (Å²) in [5.41, 5.74) is 3.85. The van der Waals surface area contributed by atoms with Crippen molar-refractivity contribution in [1.82, 2.24) is 24.5 Å². The number of rotatable bonds is 8. The zero-order valence-corrected chi connectivity index (χ0v) is 21.3. The first kappa shape index (κ1) is 25.0. The van der Waals surface area contributed by atoms with Crippen molar-refractivity contribution in [3.8, 4) is 22.9 Å². The zero-order valence-electron chi connectivity index (χ0n) is 20.6. The number of aliphatic hydroxyl groups is 1. The second kappa shape index (κ2) is 11.1. The molecular weight excluding hydrogens is 490 g/mol. The van der Waals surface area contributed by atoms with E-state index < -0.39 is 6.10 Å². The number of halogens is 1. The van der Waals surface area contributed by atoms with E-state index in [9.17, 15) is 10.4 Å². The van der Waals surface area contributed by atoms with Crippen LogP contribution in [0.1, 0.15) is 24.6 Å². The molecule has 0 aromatic carbocycles. The molecule has 1 atom stereocenters. The van der Waals surface area contributed by atoms with Gasteiger partial charge in [-0.25, -0.2) is 9.50 Å². The summed E-state index contributed by atoms with van der Waals surface area (Å²) in [7, 11) is 0. The Morgan fingerprint density at radius 1 is 1.11 bits per heavy atom. The maximum absolute atomic E-state index is 9.90. The minimum atomic E-state index is -0.546. The summed E-state index contributed by atoms with van der Waals surface area (Å²) in [6.45, 7) is 6.46. The van der Waals surface area contributed by atoms with Crippen molar-refractivity contribution in [2.24, 2.45) is 0 Å². The van der Waals surface area contributed by atoms with Crippen molar-refractivity contribution < 1.29 is 9.84 Å². The lowest BCUT2D eigenvalue weighted by Crippen LogP contribution is -2.46. The molecule has 10 heteroatoms. The van der Waals surface area contributed by atoms with E-state index in [-0.39, 0.29) is 6.61 Å². The fourth-order valence-electron chi connectivity index (χ4n) is 4.38. The standard InChI is InChI=1S/C27H28ClN7O2/c1-2-23(36)18-37-24-11-25(27-20(12-29)14-32-35(27)17-24)19-3-6-26(31-13-19)34-9-7-33(8-10-34)16-22-5-4-21(28)15-30-22/h3-6,11,13-15,17,23,36H,2,7-10,16,18H2,1H3. The molecule has 0 bridgehead atoms. The number of ether oxygens (including phenoxy) is 1. The van der Waals surface area contributed by atoms with Crippen LogP contribution in [0.4, 0.5) is 5.82 Å². The van der Waals surface area contributed by atoms with Gasteiger partial charge in [-0.05, 0) is 36.8 Å². The number of hydrogen-bond acceptors (Lipinski definition) is 8. The topological polar surface area (TPSA) is 103 Å². The first-order valence-corrected chi connectivity index (χ1v) is 12.7.